The third kappa shape index (κ3) is 5.22. The van der Waals surface area contributed by atoms with Gasteiger partial charge in [-0.1, -0.05) is 35.3 Å². The standard InChI is InChI=1S/C17H14Cl2FNO3/c1-10-2-5-15(14(20)6-10)21-16(22)9-24-17(23)7-11-3-4-12(18)8-13(11)19/h2-6,8H,7,9H2,1H3,(H,21,22). The van der Waals surface area contributed by atoms with E-state index in [1.807, 2.05) is 0 Å². The Balaban J connectivity index is 1.85. The van der Waals surface area contributed by atoms with Gasteiger partial charge < -0.3 is 10.1 Å². The van der Waals surface area contributed by atoms with Gasteiger partial charge in [0.25, 0.3) is 5.91 Å². The van der Waals surface area contributed by atoms with Crippen molar-refractivity contribution in [2.45, 2.75) is 13.3 Å². The molecule has 2 rings (SSSR count). The predicted molar refractivity (Wildman–Crippen MR) is 90.9 cm³/mol. The molecule has 0 saturated carbocycles. The van der Waals surface area contributed by atoms with Crippen LogP contribution in [-0.4, -0.2) is 18.5 Å². The topological polar surface area (TPSA) is 55.4 Å². The fourth-order valence-electron chi connectivity index (χ4n) is 1.93. The molecule has 0 fully saturated rings. The maximum absolute atomic E-state index is 13.6. The van der Waals surface area contributed by atoms with Crippen LogP contribution in [-0.2, 0) is 20.7 Å². The molecule has 1 N–H and O–H groups in total. The van der Waals surface area contributed by atoms with Crippen LogP contribution in [0, 0.1) is 12.7 Å². The van der Waals surface area contributed by atoms with E-state index in [4.69, 9.17) is 27.9 Å². The lowest BCUT2D eigenvalue weighted by Crippen LogP contribution is -2.22. The molecule has 0 radical (unpaired) electrons. The van der Waals surface area contributed by atoms with Gasteiger partial charge in [0.1, 0.15) is 5.82 Å². The highest BCUT2D eigenvalue weighted by Crippen LogP contribution is 2.21. The quantitative estimate of drug-likeness (QED) is 0.804. The first-order valence-electron chi connectivity index (χ1n) is 7.00. The number of anilines is 1. The summed E-state index contributed by atoms with van der Waals surface area (Å²) < 4.78 is 18.5. The minimum Gasteiger partial charge on any atom is -0.455 e. The van der Waals surface area contributed by atoms with E-state index in [0.717, 1.165) is 5.56 Å². The second-order valence-electron chi connectivity index (χ2n) is 5.10. The molecule has 1 amide bonds. The van der Waals surface area contributed by atoms with Gasteiger partial charge in [-0.05, 0) is 42.3 Å². The van der Waals surface area contributed by atoms with Crippen LogP contribution in [0.3, 0.4) is 0 Å². The van der Waals surface area contributed by atoms with Crippen molar-refractivity contribution in [2.75, 3.05) is 11.9 Å². The molecule has 0 spiro atoms. The van der Waals surface area contributed by atoms with Crippen LogP contribution in [0.1, 0.15) is 11.1 Å². The van der Waals surface area contributed by atoms with E-state index in [1.54, 1.807) is 25.1 Å². The van der Waals surface area contributed by atoms with Crippen molar-refractivity contribution >= 4 is 40.8 Å². The highest BCUT2D eigenvalue weighted by molar-refractivity contribution is 6.35. The van der Waals surface area contributed by atoms with Crippen LogP contribution < -0.4 is 5.32 Å². The molecule has 4 nitrogen and oxygen atoms in total. The molecule has 0 aliphatic carbocycles. The number of amides is 1. The largest absolute Gasteiger partial charge is 0.455 e. The highest BCUT2D eigenvalue weighted by Gasteiger charge is 2.12. The number of aryl methyl sites for hydroxylation is 1. The Morgan fingerprint density at radius 2 is 1.92 bits per heavy atom. The fourth-order valence-corrected chi connectivity index (χ4v) is 2.40. The van der Waals surface area contributed by atoms with E-state index in [9.17, 15) is 14.0 Å². The van der Waals surface area contributed by atoms with E-state index < -0.39 is 24.3 Å². The second-order valence-corrected chi connectivity index (χ2v) is 5.95. The minimum atomic E-state index is -0.631. The SMILES string of the molecule is Cc1ccc(NC(=O)COC(=O)Cc2ccc(Cl)cc2Cl)c(F)c1. The van der Waals surface area contributed by atoms with Gasteiger partial charge in [0.15, 0.2) is 6.61 Å². The van der Waals surface area contributed by atoms with Gasteiger partial charge in [0.2, 0.25) is 0 Å². The van der Waals surface area contributed by atoms with Crippen molar-refractivity contribution in [1.29, 1.82) is 0 Å². The number of halogens is 3. The number of carbonyl (C=O) groups is 2. The summed E-state index contributed by atoms with van der Waals surface area (Å²) in [5.41, 5.74) is 1.30. The van der Waals surface area contributed by atoms with Gasteiger partial charge in [-0.2, -0.15) is 0 Å². The number of ether oxygens (including phenoxy) is 1. The number of hydrogen-bond acceptors (Lipinski definition) is 3. The first-order valence-corrected chi connectivity index (χ1v) is 7.76. The molecule has 0 aliphatic heterocycles. The van der Waals surface area contributed by atoms with Crippen molar-refractivity contribution in [3.8, 4) is 0 Å². The van der Waals surface area contributed by atoms with Crippen LogP contribution >= 0.6 is 23.2 Å². The van der Waals surface area contributed by atoms with E-state index in [0.29, 0.717) is 15.6 Å². The molecule has 0 atom stereocenters. The summed E-state index contributed by atoms with van der Waals surface area (Å²) in [6.07, 6.45) is -0.0951. The summed E-state index contributed by atoms with van der Waals surface area (Å²) in [5.74, 6) is -1.81. The zero-order valence-corrected chi connectivity index (χ0v) is 14.2. The Morgan fingerprint density at radius 3 is 2.58 bits per heavy atom. The highest BCUT2D eigenvalue weighted by atomic mass is 35.5. The van der Waals surface area contributed by atoms with Gasteiger partial charge >= 0.3 is 5.97 Å². The lowest BCUT2D eigenvalue weighted by atomic mass is 10.1. The fraction of sp³-hybridized carbons (Fsp3) is 0.176. The Kier molecular flexibility index (Phi) is 6.17. The minimum absolute atomic E-state index is 0.0300. The van der Waals surface area contributed by atoms with Gasteiger partial charge in [0, 0.05) is 10.0 Å². The first kappa shape index (κ1) is 18.2. The van der Waals surface area contributed by atoms with Gasteiger partial charge in [0.05, 0.1) is 12.1 Å². The molecule has 126 valence electrons. The molecule has 0 unspecified atom stereocenters. The molecule has 24 heavy (non-hydrogen) atoms. The van der Waals surface area contributed by atoms with E-state index in [-0.39, 0.29) is 12.1 Å². The van der Waals surface area contributed by atoms with E-state index in [1.165, 1.54) is 18.2 Å². The third-order valence-corrected chi connectivity index (χ3v) is 3.70. The molecule has 0 aliphatic rings. The Bertz CT molecular complexity index is 715. The van der Waals surface area contributed by atoms with Gasteiger partial charge in [-0.25, -0.2) is 4.39 Å². The maximum Gasteiger partial charge on any atom is 0.310 e. The lowest BCUT2D eigenvalue weighted by molar-refractivity contribution is -0.146. The number of rotatable bonds is 5. The summed E-state index contributed by atoms with van der Waals surface area (Å²) >= 11 is 11.7. The second kappa shape index (κ2) is 8.13. The van der Waals surface area contributed by atoms with Crippen LogP contribution in [0.4, 0.5) is 10.1 Å². The molecule has 2 aromatic rings. The Labute approximate surface area is 148 Å². The molecule has 7 heteroatoms. The van der Waals surface area contributed by atoms with Gasteiger partial charge in [-0.15, -0.1) is 0 Å². The summed E-state index contributed by atoms with van der Waals surface area (Å²) in [6.45, 7) is 1.22. The first-order chi connectivity index (χ1) is 11.3. The lowest BCUT2D eigenvalue weighted by Gasteiger charge is -2.08. The van der Waals surface area contributed by atoms with Crippen LogP contribution in [0.15, 0.2) is 36.4 Å². The molecule has 0 aromatic heterocycles. The molecule has 0 heterocycles. The summed E-state index contributed by atoms with van der Waals surface area (Å²) in [7, 11) is 0. The van der Waals surface area contributed by atoms with Crippen LogP contribution in [0.2, 0.25) is 10.0 Å². The smallest absolute Gasteiger partial charge is 0.310 e. The number of carbonyl (C=O) groups excluding carboxylic acids is 2. The summed E-state index contributed by atoms with van der Waals surface area (Å²) in [6, 6.07) is 9.12. The Morgan fingerprint density at radius 1 is 1.17 bits per heavy atom. The summed E-state index contributed by atoms with van der Waals surface area (Å²) in [4.78, 5) is 23.5. The number of hydrogen-bond donors (Lipinski definition) is 1. The molecule has 0 bridgehead atoms. The average Bonchev–Trinajstić information content (AvgIpc) is 2.51. The third-order valence-electron chi connectivity index (χ3n) is 3.11. The van der Waals surface area contributed by atoms with Crippen molar-refractivity contribution in [3.63, 3.8) is 0 Å². The molecule has 0 saturated heterocycles. The zero-order chi connectivity index (χ0) is 17.7. The van der Waals surface area contributed by atoms with Crippen molar-refractivity contribution in [1.82, 2.24) is 0 Å². The van der Waals surface area contributed by atoms with Gasteiger partial charge in [-0.3, -0.25) is 9.59 Å². The monoisotopic (exact) mass is 369 g/mol. The van der Waals surface area contributed by atoms with Crippen LogP contribution in [0.5, 0.6) is 0 Å². The normalized spacial score (nSPS) is 10.3. The van der Waals surface area contributed by atoms with Crippen LogP contribution in [0.25, 0.3) is 0 Å². The van der Waals surface area contributed by atoms with Crippen molar-refractivity contribution < 1.29 is 18.7 Å². The molecular formula is C17H14Cl2FNO3. The number of esters is 1. The van der Waals surface area contributed by atoms with E-state index >= 15 is 0 Å². The molecular weight excluding hydrogens is 356 g/mol. The number of nitrogens with one attached hydrogen (secondary N) is 1. The summed E-state index contributed by atoms with van der Waals surface area (Å²) in [5, 5.41) is 3.13. The van der Waals surface area contributed by atoms with Crippen molar-refractivity contribution in [3.05, 3.63) is 63.4 Å². The maximum atomic E-state index is 13.6. The van der Waals surface area contributed by atoms with E-state index in [2.05, 4.69) is 5.32 Å². The average molecular weight is 370 g/mol. The number of benzene rings is 2. The zero-order valence-electron chi connectivity index (χ0n) is 12.7. The Hall–Kier alpha value is -2.11. The predicted octanol–water partition coefficient (Wildman–Crippen LogP) is 4.17. The molecule has 2 aromatic carbocycles. The van der Waals surface area contributed by atoms with Crippen molar-refractivity contribution in [2.24, 2.45) is 0 Å².